The van der Waals surface area contributed by atoms with E-state index in [2.05, 4.69) is 11.9 Å². The summed E-state index contributed by atoms with van der Waals surface area (Å²) < 4.78 is 0. The predicted octanol–water partition coefficient (Wildman–Crippen LogP) is 2.19. The minimum absolute atomic E-state index is 0.158. The number of hydrogen-bond donors (Lipinski definition) is 2. The van der Waals surface area contributed by atoms with Gasteiger partial charge < -0.3 is 10.4 Å². The molecule has 3 nitrogen and oxygen atoms in total. The fraction of sp³-hybridized carbons (Fsp3) is 0.357. The largest absolute Gasteiger partial charge is 0.383 e. The van der Waals surface area contributed by atoms with E-state index in [1.807, 2.05) is 39.0 Å². The molecule has 0 aliphatic rings. The van der Waals surface area contributed by atoms with Crippen molar-refractivity contribution >= 4 is 5.91 Å². The standard InChI is InChI=1S/C14H19NO2/c1-10(13(17)15-14(2,3)4)12(16)11-8-6-5-7-9-11/h5-9,12,16H,1H2,2-4H3,(H,15,17)/t12-/m1/s1. The van der Waals surface area contributed by atoms with E-state index in [0.29, 0.717) is 5.56 Å². The molecule has 0 unspecified atom stereocenters. The van der Waals surface area contributed by atoms with Gasteiger partial charge in [-0.25, -0.2) is 0 Å². The highest BCUT2D eigenvalue weighted by Gasteiger charge is 2.21. The molecule has 0 fully saturated rings. The first-order chi connectivity index (χ1) is 7.81. The van der Waals surface area contributed by atoms with Crippen LogP contribution in [0, 0.1) is 0 Å². The topological polar surface area (TPSA) is 49.3 Å². The maximum atomic E-state index is 11.8. The summed E-state index contributed by atoms with van der Waals surface area (Å²) in [7, 11) is 0. The van der Waals surface area contributed by atoms with Gasteiger partial charge in [0.15, 0.2) is 0 Å². The van der Waals surface area contributed by atoms with Crippen molar-refractivity contribution in [1.29, 1.82) is 0 Å². The van der Waals surface area contributed by atoms with Gasteiger partial charge in [-0.1, -0.05) is 36.9 Å². The zero-order valence-corrected chi connectivity index (χ0v) is 10.5. The molecular formula is C14H19NO2. The first-order valence-corrected chi connectivity index (χ1v) is 5.55. The van der Waals surface area contributed by atoms with E-state index in [0.717, 1.165) is 0 Å². The number of nitrogens with one attached hydrogen (secondary N) is 1. The summed E-state index contributed by atoms with van der Waals surface area (Å²) >= 11 is 0. The van der Waals surface area contributed by atoms with Gasteiger partial charge in [0.1, 0.15) is 6.10 Å². The van der Waals surface area contributed by atoms with Crippen molar-refractivity contribution in [3.63, 3.8) is 0 Å². The number of benzene rings is 1. The maximum Gasteiger partial charge on any atom is 0.249 e. The van der Waals surface area contributed by atoms with Crippen LogP contribution in [0.15, 0.2) is 42.5 Å². The zero-order valence-electron chi connectivity index (χ0n) is 10.5. The average Bonchev–Trinajstić information content (AvgIpc) is 2.26. The van der Waals surface area contributed by atoms with Crippen molar-refractivity contribution in [1.82, 2.24) is 5.32 Å². The van der Waals surface area contributed by atoms with Gasteiger partial charge in [-0.3, -0.25) is 4.79 Å². The van der Waals surface area contributed by atoms with Gasteiger partial charge in [0.2, 0.25) is 5.91 Å². The smallest absolute Gasteiger partial charge is 0.249 e. The predicted molar refractivity (Wildman–Crippen MR) is 68.4 cm³/mol. The van der Waals surface area contributed by atoms with Crippen molar-refractivity contribution in [2.75, 3.05) is 0 Å². The van der Waals surface area contributed by atoms with E-state index in [1.54, 1.807) is 12.1 Å². The molecule has 17 heavy (non-hydrogen) atoms. The Balaban J connectivity index is 2.74. The van der Waals surface area contributed by atoms with E-state index in [4.69, 9.17) is 0 Å². The number of amides is 1. The monoisotopic (exact) mass is 233 g/mol. The number of aliphatic hydroxyl groups excluding tert-OH is 1. The van der Waals surface area contributed by atoms with Gasteiger partial charge in [0, 0.05) is 11.1 Å². The summed E-state index contributed by atoms with van der Waals surface area (Å²) in [5.41, 5.74) is 0.490. The lowest BCUT2D eigenvalue weighted by atomic mass is 10.0. The lowest BCUT2D eigenvalue weighted by Gasteiger charge is -2.23. The third-order valence-electron chi connectivity index (χ3n) is 2.23. The Labute approximate surface area is 102 Å². The van der Waals surface area contributed by atoms with Crippen LogP contribution in [0.25, 0.3) is 0 Å². The lowest BCUT2D eigenvalue weighted by molar-refractivity contribution is -0.119. The summed E-state index contributed by atoms with van der Waals surface area (Å²) in [6, 6.07) is 9.01. The van der Waals surface area contributed by atoms with Crippen molar-refractivity contribution < 1.29 is 9.90 Å². The van der Waals surface area contributed by atoms with Gasteiger partial charge in [-0.2, -0.15) is 0 Å². The lowest BCUT2D eigenvalue weighted by Crippen LogP contribution is -2.42. The molecule has 1 amide bonds. The number of carbonyl (C=O) groups is 1. The van der Waals surface area contributed by atoms with Crippen molar-refractivity contribution in [2.45, 2.75) is 32.4 Å². The summed E-state index contributed by atoms with van der Waals surface area (Å²) in [6.07, 6.45) is -0.960. The Kier molecular flexibility index (Phi) is 4.07. The van der Waals surface area contributed by atoms with Crippen molar-refractivity contribution in [3.8, 4) is 0 Å². The highest BCUT2D eigenvalue weighted by atomic mass is 16.3. The van der Waals surface area contributed by atoms with Crippen molar-refractivity contribution in [2.24, 2.45) is 0 Å². The van der Waals surface area contributed by atoms with Crippen LogP contribution in [0.5, 0.6) is 0 Å². The maximum absolute atomic E-state index is 11.8. The van der Waals surface area contributed by atoms with E-state index in [9.17, 15) is 9.90 Å². The third kappa shape index (κ3) is 4.04. The molecule has 0 radical (unpaired) electrons. The van der Waals surface area contributed by atoms with Gasteiger partial charge in [-0.15, -0.1) is 0 Å². The molecule has 0 saturated heterocycles. The second-order valence-electron chi connectivity index (χ2n) is 5.04. The second-order valence-corrected chi connectivity index (χ2v) is 5.04. The fourth-order valence-electron chi connectivity index (χ4n) is 1.38. The molecule has 1 rings (SSSR count). The highest BCUT2D eigenvalue weighted by Crippen LogP contribution is 2.20. The Bertz CT molecular complexity index is 404. The SMILES string of the molecule is C=C(C(=O)NC(C)(C)C)[C@@H](O)c1ccccc1. The van der Waals surface area contributed by atoms with E-state index < -0.39 is 6.10 Å². The molecule has 92 valence electrons. The molecule has 1 atom stereocenters. The van der Waals surface area contributed by atoms with Crippen LogP contribution in [0.4, 0.5) is 0 Å². The summed E-state index contributed by atoms with van der Waals surface area (Å²) in [5.74, 6) is -0.325. The zero-order chi connectivity index (χ0) is 13.1. The quantitative estimate of drug-likeness (QED) is 0.786. The van der Waals surface area contributed by atoms with Crippen molar-refractivity contribution in [3.05, 3.63) is 48.0 Å². The minimum Gasteiger partial charge on any atom is -0.383 e. The first kappa shape index (κ1) is 13.5. The number of carbonyl (C=O) groups excluding carboxylic acids is 1. The Morgan fingerprint density at radius 2 is 1.82 bits per heavy atom. The highest BCUT2D eigenvalue weighted by molar-refractivity contribution is 5.94. The normalized spacial score (nSPS) is 12.9. The number of hydrogen-bond acceptors (Lipinski definition) is 2. The molecule has 0 aliphatic carbocycles. The number of aliphatic hydroxyl groups is 1. The minimum atomic E-state index is -0.960. The molecular weight excluding hydrogens is 214 g/mol. The third-order valence-corrected chi connectivity index (χ3v) is 2.23. The molecule has 2 N–H and O–H groups in total. The van der Waals surface area contributed by atoms with Crippen LogP contribution < -0.4 is 5.32 Å². The average molecular weight is 233 g/mol. The summed E-state index contributed by atoms with van der Waals surface area (Å²) in [5, 5.41) is 12.8. The van der Waals surface area contributed by atoms with Crippen LogP contribution in [-0.4, -0.2) is 16.6 Å². The molecule has 0 heterocycles. The van der Waals surface area contributed by atoms with Crippen LogP contribution in [0.2, 0.25) is 0 Å². The fourth-order valence-corrected chi connectivity index (χ4v) is 1.38. The number of rotatable bonds is 3. The molecule has 1 aromatic carbocycles. The van der Waals surface area contributed by atoms with Gasteiger partial charge in [0.05, 0.1) is 0 Å². The molecule has 3 heteroatoms. The second kappa shape index (κ2) is 5.15. The summed E-state index contributed by atoms with van der Waals surface area (Å²) in [4.78, 5) is 11.8. The molecule has 1 aromatic rings. The van der Waals surface area contributed by atoms with Gasteiger partial charge >= 0.3 is 0 Å². The molecule has 0 spiro atoms. The van der Waals surface area contributed by atoms with E-state index >= 15 is 0 Å². The Morgan fingerprint density at radius 3 is 2.29 bits per heavy atom. The van der Waals surface area contributed by atoms with Gasteiger partial charge in [-0.05, 0) is 26.3 Å². The molecule has 0 saturated carbocycles. The Morgan fingerprint density at radius 1 is 1.29 bits per heavy atom. The van der Waals surface area contributed by atoms with E-state index in [-0.39, 0.29) is 17.0 Å². The van der Waals surface area contributed by atoms with Crippen LogP contribution in [0.3, 0.4) is 0 Å². The van der Waals surface area contributed by atoms with Crippen LogP contribution >= 0.6 is 0 Å². The Hall–Kier alpha value is -1.61. The van der Waals surface area contributed by atoms with Gasteiger partial charge in [0.25, 0.3) is 0 Å². The van der Waals surface area contributed by atoms with Crippen LogP contribution in [-0.2, 0) is 4.79 Å². The van der Waals surface area contributed by atoms with E-state index in [1.165, 1.54) is 0 Å². The summed E-state index contributed by atoms with van der Waals surface area (Å²) in [6.45, 7) is 9.30. The molecule has 0 bridgehead atoms. The molecule has 0 aromatic heterocycles. The molecule has 0 aliphatic heterocycles. The van der Waals surface area contributed by atoms with Crippen LogP contribution in [0.1, 0.15) is 32.4 Å². The first-order valence-electron chi connectivity index (χ1n) is 5.55.